The number of carbonyl (C=O) groups is 1. The molecule has 0 aliphatic heterocycles. The van der Waals surface area contributed by atoms with Gasteiger partial charge in [-0.3, -0.25) is 9.79 Å². The number of aliphatic imine (C=N–C) groups is 1. The average molecular weight is 384 g/mol. The highest BCUT2D eigenvalue weighted by Gasteiger charge is 2.04. The van der Waals surface area contributed by atoms with E-state index in [0.717, 1.165) is 23.5 Å². The second kappa shape index (κ2) is 11.5. The predicted octanol–water partition coefficient (Wildman–Crippen LogP) is 1.84. The van der Waals surface area contributed by atoms with Gasteiger partial charge in [0.15, 0.2) is 5.96 Å². The number of ether oxygens (including phenoxy) is 2. The topological polar surface area (TPSA) is 84.0 Å². The van der Waals surface area contributed by atoms with E-state index in [2.05, 4.69) is 20.9 Å². The van der Waals surface area contributed by atoms with Crippen LogP contribution >= 0.6 is 0 Å². The Hall–Kier alpha value is -3.22. The Balaban J connectivity index is 1.70. The molecule has 28 heavy (non-hydrogen) atoms. The van der Waals surface area contributed by atoms with Crippen LogP contribution in [0.25, 0.3) is 0 Å². The lowest BCUT2D eigenvalue weighted by atomic mass is 10.1. The number of methoxy groups -OCH3 is 1. The van der Waals surface area contributed by atoms with Crippen molar-refractivity contribution >= 4 is 11.9 Å². The van der Waals surface area contributed by atoms with Gasteiger partial charge in [0.05, 0.1) is 13.7 Å². The lowest BCUT2D eigenvalue weighted by Gasteiger charge is -2.13. The summed E-state index contributed by atoms with van der Waals surface area (Å²) in [4.78, 5) is 15.9. The first kappa shape index (κ1) is 21.1. The number of nitrogens with zero attached hydrogens (tertiary/aromatic N) is 1. The first-order chi connectivity index (χ1) is 13.7. The van der Waals surface area contributed by atoms with Crippen molar-refractivity contribution in [1.29, 1.82) is 0 Å². The molecule has 3 N–H and O–H groups in total. The third-order valence-corrected chi connectivity index (χ3v) is 4.05. The summed E-state index contributed by atoms with van der Waals surface area (Å²) in [5, 5.41) is 9.11. The second-order valence-corrected chi connectivity index (χ2v) is 5.98. The van der Waals surface area contributed by atoms with Crippen LogP contribution in [0.5, 0.6) is 11.5 Å². The van der Waals surface area contributed by atoms with Crippen LogP contribution in [-0.4, -0.2) is 52.8 Å². The molecule has 0 fully saturated rings. The molecule has 0 spiro atoms. The van der Waals surface area contributed by atoms with Gasteiger partial charge in [0.2, 0.25) is 0 Å². The van der Waals surface area contributed by atoms with Crippen LogP contribution in [0.4, 0.5) is 0 Å². The maximum atomic E-state index is 11.7. The van der Waals surface area contributed by atoms with Crippen molar-refractivity contribution in [2.75, 3.05) is 40.9 Å². The van der Waals surface area contributed by atoms with Crippen LogP contribution in [0.15, 0.2) is 53.5 Å². The molecule has 0 unspecified atom stereocenters. The largest absolute Gasteiger partial charge is 0.497 e. The zero-order valence-corrected chi connectivity index (χ0v) is 16.6. The molecule has 0 heterocycles. The Bertz CT molecular complexity index is 793. The van der Waals surface area contributed by atoms with Gasteiger partial charge < -0.3 is 25.4 Å². The molecule has 0 saturated heterocycles. The summed E-state index contributed by atoms with van der Waals surface area (Å²) in [6.07, 6.45) is 0.784. The molecule has 0 aliphatic carbocycles. The molecule has 7 nitrogen and oxygen atoms in total. The molecule has 0 radical (unpaired) electrons. The average Bonchev–Trinajstić information content (AvgIpc) is 2.75. The smallest absolute Gasteiger partial charge is 0.251 e. The maximum Gasteiger partial charge on any atom is 0.251 e. The van der Waals surface area contributed by atoms with Crippen molar-refractivity contribution in [2.45, 2.75) is 6.42 Å². The van der Waals surface area contributed by atoms with Crippen molar-refractivity contribution in [3.8, 4) is 11.5 Å². The van der Waals surface area contributed by atoms with E-state index in [1.165, 1.54) is 0 Å². The number of hydrogen-bond acceptors (Lipinski definition) is 4. The highest BCUT2D eigenvalue weighted by Crippen LogP contribution is 2.18. The Morgan fingerprint density at radius 3 is 2.54 bits per heavy atom. The van der Waals surface area contributed by atoms with Crippen molar-refractivity contribution < 1.29 is 14.3 Å². The standard InChI is InChI=1S/C21H28N4O3/c1-22-20(26)17-7-4-6-16(14-17)10-11-24-21(23-2)25-12-13-28-19-9-5-8-18(15-19)27-3/h4-9,14-15H,10-13H2,1-3H3,(H,22,26)(H2,23,24,25). The fourth-order valence-electron chi connectivity index (χ4n) is 2.59. The molecule has 7 heteroatoms. The molecule has 0 saturated carbocycles. The number of benzene rings is 2. The summed E-state index contributed by atoms with van der Waals surface area (Å²) < 4.78 is 10.9. The quantitative estimate of drug-likeness (QED) is 0.349. The number of guanidine groups is 1. The van der Waals surface area contributed by atoms with Crippen LogP contribution in [0.3, 0.4) is 0 Å². The van der Waals surface area contributed by atoms with Crippen molar-refractivity contribution in [2.24, 2.45) is 4.99 Å². The van der Waals surface area contributed by atoms with Gasteiger partial charge in [-0.25, -0.2) is 0 Å². The summed E-state index contributed by atoms with van der Waals surface area (Å²) in [7, 11) is 4.99. The number of carbonyl (C=O) groups excluding carboxylic acids is 1. The van der Waals surface area contributed by atoms with Gasteiger partial charge in [0, 0.05) is 32.3 Å². The zero-order valence-electron chi connectivity index (χ0n) is 16.6. The number of nitrogens with one attached hydrogen (secondary N) is 3. The van der Waals surface area contributed by atoms with Gasteiger partial charge >= 0.3 is 0 Å². The van der Waals surface area contributed by atoms with Crippen molar-refractivity contribution in [1.82, 2.24) is 16.0 Å². The van der Waals surface area contributed by atoms with Crippen molar-refractivity contribution in [3.63, 3.8) is 0 Å². The highest BCUT2D eigenvalue weighted by atomic mass is 16.5. The maximum absolute atomic E-state index is 11.7. The molecule has 2 aromatic rings. The third-order valence-electron chi connectivity index (χ3n) is 4.05. The van der Waals surface area contributed by atoms with E-state index in [4.69, 9.17) is 9.47 Å². The van der Waals surface area contributed by atoms with Crippen molar-refractivity contribution in [3.05, 3.63) is 59.7 Å². The van der Waals surface area contributed by atoms with Gasteiger partial charge in [-0.2, -0.15) is 0 Å². The first-order valence-electron chi connectivity index (χ1n) is 9.18. The van der Waals surface area contributed by atoms with Gasteiger partial charge in [0.25, 0.3) is 5.91 Å². The zero-order chi connectivity index (χ0) is 20.2. The molecular weight excluding hydrogens is 356 g/mol. The lowest BCUT2D eigenvalue weighted by molar-refractivity contribution is 0.0963. The Kier molecular flexibility index (Phi) is 8.65. The van der Waals surface area contributed by atoms with Crippen LogP contribution in [0, 0.1) is 0 Å². The monoisotopic (exact) mass is 384 g/mol. The second-order valence-electron chi connectivity index (χ2n) is 5.98. The fourth-order valence-corrected chi connectivity index (χ4v) is 2.59. The summed E-state index contributed by atoms with van der Waals surface area (Å²) in [6, 6.07) is 15.1. The lowest BCUT2D eigenvalue weighted by Crippen LogP contribution is -2.40. The van der Waals surface area contributed by atoms with E-state index in [0.29, 0.717) is 31.2 Å². The molecule has 0 aromatic heterocycles. The third kappa shape index (κ3) is 6.83. The van der Waals surface area contributed by atoms with E-state index >= 15 is 0 Å². The van der Waals surface area contributed by atoms with E-state index in [1.54, 1.807) is 27.3 Å². The summed E-state index contributed by atoms with van der Waals surface area (Å²) in [5.41, 5.74) is 1.75. The molecule has 1 amide bonds. The normalized spacial score (nSPS) is 10.9. The number of rotatable bonds is 9. The summed E-state index contributed by atoms with van der Waals surface area (Å²) in [5.74, 6) is 2.16. The predicted molar refractivity (Wildman–Crippen MR) is 111 cm³/mol. The fraction of sp³-hybridized carbons (Fsp3) is 0.333. The van der Waals surface area contributed by atoms with E-state index < -0.39 is 0 Å². The van der Waals surface area contributed by atoms with E-state index in [-0.39, 0.29) is 5.91 Å². The summed E-state index contributed by atoms with van der Waals surface area (Å²) >= 11 is 0. The van der Waals surface area contributed by atoms with Gasteiger partial charge in [-0.15, -0.1) is 0 Å². The van der Waals surface area contributed by atoms with Gasteiger partial charge in [-0.1, -0.05) is 18.2 Å². The van der Waals surface area contributed by atoms with Crippen LogP contribution < -0.4 is 25.4 Å². The molecule has 2 aromatic carbocycles. The number of hydrogen-bond donors (Lipinski definition) is 3. The van der Waals surface area contributed by atoms with Crippen LogP contribution in [0.2, 0.25) is 0 Å². The Labute approximate surface area is 166 Å². The SMILES string of the molecule is CN=C(NCCOc1cccc(OC)c1)NCCc1cccc(C(=O)NC)c1. The molecule has 150 valence electrons. The Morgan fingerprint density at radius 2 is 1.79 bits per heavy atom. The van der Waals surface area contributed by atoms with E-state index in [1.807, 2.05) is 42.5 Å². The van der Waals surface area contributed by atoms with Crippen LogP contribution in [-0.2, 0) is 6.42 Å². The van der Waals surface area contributed by atoms with E-state index in [9.17, 15) is 4.79 Å². The van der Waals surface area contributed by atoms with Gasteiger partial charge in [0.1, 0.15) is 18.1 Å². The highest BCUT2D eigenvalue weighted by molar-refractivity contribution is 5.94. The molecular formula is C21H28N4O3. The minimum absolute atomic E-state index is 0.0803. The minimum Gasteiger partial charge on any atom is -0.497 e. The summed E-state index contributed by atoms with van der Waals surface area (Å²) in [6.45, 7) is 1.82. The Morgan fingerprint density at radius 1 is 1.04 bits per heavy atom. The van der Waals surface area contributed by atoms with Crippen LogP contribution in [0.1, 0.15) is 15.9 Å². The van der Waals surface area contributed by atoms with Gasteiger partial charge in [-0.05, 0) is 36.2 Å². The molecule has 0 atom stereocenters. The minimum atomic E-state index is -0.0803. The molecule has 0 aliphatic rings. The first-order valence-corrected chi connectivity index (χ1v) is 9.18. The molecule has 0 bridgehead atoms. The number of amides is 1. The molecule has 2 rings (SSSR count).